The third kappa shape index (κ3) is 4.58. The smallest absolute Gasteiger partial charge is 0.338 e. The lowest BCUT2D eigenvalue weighted by atomic mass is 10.2. The molecule has 1 N–H and O–H groups in total. The molecular formula is C12H14N2O2. The van der Waals surface area contributed by atoms with Crippen molar-refractivity contribution < 1.29 is 9.53 Å². The van der Waals surface area contributed by atoms with Crippen LogP contribution in [0.3, 0.4) is 0 Å². The van der Waals surface area contributed by atoms with Crippen LogP contribution in [0.2, 0.25) is 0 Å². The quantitative estimate of drug-likeness (QED) is 0.445. The number of carbonyl (C=O) groups excluding carboxylic acids is 1. The summed E-state index contributed by atoms with van der Waals surface area (Å²) >= 11 is 0. The lowest BCUT2D eigenvalue weighted by Crippen LogP contribution is -2.23. The molecule has 4 heteroatoms. The number of carbonyl (C=O) groups is 1. The van der Waals surface area contributed by atoms with E-state index in [1.54, 1.807) is 24.3 Å². The Bertz CT molecular complexity index is 357. The second kappa shape index (κ2) is 7.43. The molecule has 0 radical (unpaired) electrons. The van der Waals surface area contributed by atoms with E-state index >= 15 is 0 Å². The Labute approximate surface area is 95.0 Å². The summed E-state index contributed by atoms with van der Waals surface area (Å²) in [5.41, 5.74) is 0.559. The molecule has 0 aliphatic rings. The highest BCUT2D eigenvalue weighted by Crippen LogP contribution is 2.00. The summed E-state index contributed by atoms with van der Waals surface area (Å²) in [5, 5.41) is 3.00. The van der Waals surface area contributed by atoms with Gasteiger partial charge in [0.25, 0.3) is 0 Å². The van der Waals surface area contributed by atoms with Crippen molar-refractivity contribution in [3.05, 3.63) is 47.3 Å². The summed E-state index contributed by atoms with van der Waals surface area (Å²) in [6.45, 7) is 8.55. The Morgan fingerprint density at radius 2 is 2.06 bits per heavy atom. The van der Waals surface area contributed by atoms with E-state index in [0.717, 1.165) is 0 Å². The molecule has 1 rings (SSSR count). The van der Waals surface area contributed by atoms with Crippen molar-refractivity contribution in [2.45, 2.75) is 0 Å². The van der Waals surface area contributed by atoms with Gasteiger partial charge < -0.3 is 14.9 Å². The van der Waals surface area contributed by atoms with E-state index in [4.69, 9.17) is 11.3 Å². The summed E-state index contributed by atoms with van der Waals surface area (Å²) in [6, 6.07) is 8.88. The first-order valence-corrected chi connectivity index (χ1v) is 5.10. The molecular weight excluding hydrogens is 204 g/mol. The highest BCUT2D eigenvalue weighted by atomic mass is 16.5. The SMILES string of the molecule is [C-]#[N+]CCNCCOC(=O)c1ccccc1. The molecule has 0 atom stereocenters. The Balaban J connectivity index is 2.15. The Morgan fingerprint density at radius 3 is 2.75 bits per heavy atom. The van der Waals surface area contributed by atoms with Crippen molar-refractivity contribution in [2.75, 3.05) is 26.2 Å². The van der Waals surface area contributed by atoms with Crippen molar-refractivity contribution >= 4 is 5.97 Å². The number of rotatable bonds is 6. The number of hydrogen-bond donors (Lipinski definition) is 1. The molecule has 16 heavy (non-hydrogen) atoms. The van der Waals surface area contributed by atoms with E-state index in [2.05, 4.69) is 10.2 Å². The fourth-order valence-corrected chi connectivity index (χ4v) is 1.13. The second-order valence-electron chi connectivity index (χ2n) is 3.13. The van der Waals surface area contributed by atoms with Crippen molar-refractivity contribution in [1.82, 2.24) is 5.32 Å². The molecule has 0 bridgehead atoms. The van der Waals surface area contributed by atoms with Crippen LogP contribution in [0.25, 0.3) is 4.85 Å². The number of ether oxygens (including phenoxy) is 1. The van der Waals surface area contributed by atoms with Gasteiger partial charge in [0.2, 0.25) is 6.54 Å². The highest BCUT2D eigenvalue weighted by Gasteiger charge is 2.04. The molecule has 0 fully saturated rings. The minimum Gasteiger partial charge on any atom is -0.461 e. The first kappa shape index (κ1) is 12.2. The third-order valence-electron chi connectivity index (χ3n) is 1.92. The van der Waals surface area contributed by atoms with E-state index < -0.39 is 0 Å². The van der Waals surface area contributed by atoms with Crippen molar-refractivity contribution in [1.29, 1.82) is 0 Å². The van der Waals surface area contributed by atoms with Crippen LogP contribution in [-0.2, 0) is 4.74 Å². The average Bonchev–Trinajstić information content (AvgIpc) is 2.34. The fourth-order valence-electron chi connectivity index (χ4n) is 1.13. The Hall–Kier alpha value is -1.86. The zero-order chi connectivity index (χ0) is 11.6. The molecule has 1 aromatic carbocycles. The van der Waals surface area contributed by atoms with Crippen molar-refractivity contribution in [3.8, 4) is 0 Å². The molecule has 0 unspecified atom stereocenters. The summed E-state index contributed by atoms with van der Waals surface area (Å²) in [7, 11) is 0. The topological polar surface area (TPSA) is 42.7 Å². The zero-order valence-corrected chi connectivity index (χ0v) is 8.98. The molecule has 0 saturated heterocycles. The molecule has 84 valence electrons. The largest absolute Gasteiger partial charge is 0.461 e. The van der Waals surface area contributed by atoms with Gasteiger partial charge in [0.15, 0.2) is 0 Å². The molecule has 1 aromatic rings. The van der Waals surface area contributed by atoms with E-state index in [1.165, 1.54) is 0 Å². The Morgan fingerprint density at radius 1 is 1.31 bits per heavy atom. The van der Waals surface area contributed by atoms with Gasteiger partial charge in [0, 0.05) is 6.54 Å². The average molecular weight is 218 g/mol. The summed E-state index contributed by atoms with van der Waals surface area (Å²) in [5.74, 6) is -0.312. The normalized spacial score (nSPS) is 9.44. The van der Waals surface area contributed by atoms with Gasteiger partial charge in [-0.1, -0.05) is 18.2 Å². The predicted molar refractivity (Wildman–Crippen MR) is 61.1 cm³/mol. The van der Waals surface area contributed by atoms with E-state index in [-0.39, 0.29) is 5.97 Å². The molecule has 0 amide bonds. The summed E-state index contributed by atoms with van der Waals surface area (Å²) in [6.07, 6.45) is 0. The van der Waals surface area contributed by atoms with Gasteiger partial charge in [-0.25, -0.2) is 11.4 Å². The molecule has 0 saturated carbocycles. The number of benzene rings is 1. The molecule has 0 aromatic heterocycles. The monoisotopic (exact) mass is 218 g/mol. The highest BCUT2D eigenvalue weighted by molar-refractivity contribution is 5.89. The van der Waals surface area contributed by atoms with Crippen LogP contribution in [0.5, 0.6) is 0 Å². The maximum atomic E-state index is 11.4. The molecule has 0 aliphatic carbocycles. The van der Waals surface area contributed by atoms with Crippen LogP contribution < -0.4 is 5.32 Å². The van der Waals surface area contributed by atoms with Crippen molar-refractivity contribution in [2.24, 2.45) is 0 Å². The van der Waals surface area contributed by atoms with Gasteiger partial charge >= 0.3 is 5.97 Å². The second-order valence-corrected chi connectivity index (χ2v) is 3.13. The first-order valence-electron chi connectivity index (χ1n) is 5.10. The minimum atomic E-state index is -0.312. The minimum absolute atomic E-state index is 0.312. The third-order valence-corrected chi connectivity index (χ3v) is 1.92. The predicted octanol–water partition coefficient (Wildman–Crippen LogP) is 1.35. The van der Waals surface area contributed by atoms with Crippen LogP contribution in [-0.4, -0.2) is 32.2 Å². The number of hydrogen-bond acceptors (Lipinski definition) is 3. The lowest BCUT2D eigenvalue weighted by molar-refractivity contribution is 0.0509. The van der Waals surface area contributed by atoms with Gasteiger partial charge in [-0.2, -0.15) is 0 Å². The maximum absolute atomic E-state index is 11.4. The van der Waals surface area contributed by atoms with Crippen LogP contribution >= 0.6 is 0 Å². The zero-order valence-electron chi connectivity index (χ0n) is 8.98. The first-order chi connectivity index (χ1) is 7.84. The fraction of sp³-hybridized carbons (Fsp3) is 0.333. The standard InChI is InChI=1S/C12H14N2O2/c1-13-7-8-14-9-10-16-12(15)11-5-3-2-4-6-11/h2-6,14H,7-10H2. The summed E-state index contributed by atoms with van der Waals surface area (Å²) in [4.78, 5) is 14.6. The molecule has 0 heterocycles. The van der Waals surface area contributed by atoms with Crippen LogP contribution in [0.1, 0.15) is 10.4 Å². The molecule has 4 nitrogen and oxygen atoms in total. The molecule has 0 aliphatic heterocycles. The summed E-state index contributed by atoms with van der Waals surface area (Å²) < 4.78 is 5.03. The lowest BCUT2D eigenvalue weighted by Gasteiger charge is -2.04. The van der Waals surface area contributed by atoms with Gasteiger partial charge in [0.1, 0.15) is 6.61 Å². The van der Waals surface area contributed by atoms with Gasteiger partial charge in [0.05, 0.1) is 12.1 Å². The van der Waals surface area contributed by atoms with Crippen LogP contribution in [0.15, 0.2) is 30.3 Å². The number of esters is 1. The number of nitrogens with zero attached hydrogens (tertiary/aromatic N) is 1. The van der Waals surface area contributed by atoms with Gasteiger partial charge in [-0.3, -0.25) is 0 Å². The van der Waals surface area contributed by atoms with E-state index in [0.29, 0.717) is 31.8 Å². The van der Waals surface area contributed by atoms with Crippen LogP contribution in [0.4, 0.5) is 0 Å². The Kier molecular flexibility index (Phi) is 5.67. The van der Waals surface area contributed by atoms with E-state index in [1.807, 2.05) is 6.07 Å². The van der Waals surface area contributed by atoms with Gasteiger partial charge in [-0.15, -0.1) is 0 Å². The van der Waals surface area contributed by atoms with E-state index in [9.17, 15) is 4.79 Å². The molecule has 0 spiro atoms. The van der Waals surface area contributed by atoms with Gasteiger partial charge in [-0.05, 0) is 12.1 Å². The van der Waals surface area contributed by atoms with Crippen LogP contribution in [0, 0.1) is 6.57 Å². The van der Waals surface area contributed by atoms with Crippen molar-refractivity contribution in [3.63, 3.8) is 0 Å². The maximum Gasteiger partial charge on any atom is 0.338 e. The number of nitrogens with one attached hydrogen (secondary N) is 1.